The number of aromatic nitrogens is 1. The fourth-order valence-electron chi connectivity index (χ4n) is 3.28. The number of thiophene rings is 1. The number of benzene rings is 2. The van der Waals surface area contributed by atoms with Crippen molar-refractivity contribution in [2.24, 2.45) is 7.05 Å². The minimum Gasteiger partial charge on any atom is -0.386 e. The molecule has 0 saturated carbocycles. The van der Waals surface area contributed by atoms with Gasteiger partial charge in [-0.05, 0) is 46.2 Å². The summed E-state index contributed by atoms with van der Waals surface area (Å²) in [6.45, 7) is 0.166. The van der Waals surface area contributed by atoms with Gasteiger partial charge in [0.1, 0.15) is 0 Å². The van der Waals surface area contributed by atoms with Gasteiger partial charge in [0.25, 0.3) is 5.91 Å². The Bertz CT molecular complexity index is 1070. The highest BCUT2D eigenvalue weighted by Gasteiger charge is 2.16. The number of carbonyl (C=O) groups is 1. The van der Waals surface area contributed by atoms with Crippen molar-refractivity contribution < 1.29 is 9.90 Å². The maximum atomic E-state index is 12.4. The second-order valence-electron chi connectivity index (χ2n) is 6.53. The van der Waals surface area contributed by atoms with E-state index in [0.29, 0.717) is 5.56 Å². The number of hydrogen-bond donors (Lipinski definition) is 2. The smallest absolute Gasteiger partial charge is 0.251 e. The third kappa shape index (κ3) is 3.52. The first-order valence-electron chi connectivity index (χ1n) is 8.76. The van der Waals surface area contributed by atoms with E-state index in [1.165, 1.54) is 0 Å². The van der Waals surface area contributed by atoms with Crippen molar-refractivity contribution in [1.29, 1.82) is 0 Å². The SMILES string of the molecule is Cn1cc([C@@H](O)CNC(=O)c2ccc(-c3ccsc3)cc2)c2ccccc21. The van der Waals surface area contributed by atoms with Crippen LogP contribution in [0.3, 0.4) is 0 Å². The number of nitrogens with one attached hydrogen (secondary N) is 1. The molecule has 136 valence electrons. The van der Waals surface area contributed by atoms with Crippen LogP contribution in [0.15, 0.2) is 71.6 Å². The van der Waals surface area contributed by atoms with Crippen LogP contribution in [0.2, 0.25) is 0 Å². The fourth-order valence-corrected chi connectivity index (χ4v) is 3.95. The molecular formula is C22H20N2O2S. The number of aryl methyl sites for hydroxylation is 1. The number of rotatable bonds is 5. The summed E-state index contributed by atoms with van der Waals surface area (Å²) in [6, 6.07) is 17.5. The van der Waals surface area contributed by atoms with Crippen LogP contribution in [0.1, 0.15) is 22.0 Å². The van der Waals surface area contributed by atoms with Gasteiger partial charge in [0.2, 0.25) is 0 Å². The lowest BCUT2D eigenvalue weighted by molar-refractivity contribution is 0.0917. The number of aliphatic hydroxyl groups excluding tert-OH is 1. The van der Waals surface area contributed by atoms with E-state index in [1.54, 1.807) is 11.3 Å². The molecule has 0 radical (unpaired) electrons. The van der Waals surface area contributed by atoms with Crippen LogP contribution < -0.4 is 5.32 Å². The molecular weight excluding hydrogens is 356 g/mol. The Labute approximate surface area is 161 Å². The van der Waals surface area contributed by atoms with Crippen molar-refractivity contribution in [3.8, 4) is 11.1 Å². The molecule has 2 heterocycles. The lowest BCUT2D eigenvalue weighted by Crippen LogP contribution is -2.28. The summed E-state index contributed by atoms with van der Waals surface area (Å²) in [6.07, 6.45) is 1.15. The summed E-state index contributed by atoms with van der Waals surface area (Å²) in [7, 11) is 1.95. The summed E-state index contributed by atoms with van der Waals surface area (Å²) in [4.78, 5) is 12.4. The predicted octanol–water partition coefficient (Wildman–Crippen LogP) is 4.37. The van der Waals surface area contributed by atoms with E-state index in [-0.39, 0.29) is 12.5 Å². The van der Waals surface area contributed by atoms with E-state index in [9.17, 15) is 9.90 Å². The number of fused-ring (bicyclic) bond motifs is 1. The highest BCUT2D eigenvalue weighted by molar-refractivity contribution is 7.08. The molecule has 1 amide bonds. The van der Waals surface area contributed by atoms with Gasteiger partial charge >= 0.3 is 0 Å². The topological polar surface area (TPSA) is 54.3 Å². The van der Waals surface area contributed by atoms with E-state index >= 15 is 0 Å². The molecule has 0 spiro atoms. The van der Waals surface area contributed by atoms with Gasteiger partial charge in [-0.3, -0.25) is 4.79 Å². The number of aliphatic hydroxyl groups is 1. The minimum atomic E-state index is -0.759. The van der Waals surface area contributed by atoms with E-state index in [4.69, 9.17) is 0 Å². The standard InChI is InChI=1S/C22H20N2O2S/c1-24-13-19(18-4-2-3-5-20(18)24)21(25)12-23-22(26)16-8-6-15(7-9-16)17-10-11-27-14-17/h2-11,13-14,21,25H,12H2,1H3,(H,23,26)/t21-/m0/s1. The van der Waals surface area contributed by atoms with Crippen molar-refractivity contribution in [3.05, 3.63) is 82.7 Å². The molecule has 4 nitrogen and oxygen atoms in total. The maximum Gasteiger partial charge on any atom is 0.251 e. The Hall–Kier alpha value is -2.89. The first-order chi connectivity index (χ1) is 13.1. The molecule has 0 aliphatic rings. The first kappa shape index (κ1) is 17.5. The van der Waals surface area contributed by atoms with Crippen LogP contribution in [-0.4, -0.2) is 22.1 Å². The van der Waals surface area contributed by atoms with E-state index in [0.717, 1.165) is 27.6 Å². The fraction of sp³-hybridized carbons (Fsp3) is 0.136. The highest BCUT2D eigenvalue weighted by atomic mass is 32.1. The van der Waals surface area contributed by atoms with Crippen LogP contribution in [-0.2, 0) is 7.05 Å². The van der Waals surface area contributed by atoms with E-state index in [1.807, 2.05) is 71.7 Å². The quantitative estimate of drug-likeness (QED) is 0.543. The molecule has 1 atom stereocenters. The average Bonchev–Trinajstić information content (AvgIpc) is 3.35. The highest BCUT2D eigenvalue weighted by Crippen LogP contribution is 2.26. The Morgan fingerprint density at radius 1 is 1.11 bits per heavy atom. The summed E-state index contributed by atoms with van der Waals surface area (Å²) in [5, 5.41) is 18.5. The van der Waals surface area contributed by atoms with Crippen molar-refractivity contribution in [2.75, 3.05) is 6.54 Å². The Morgan fingerprint density at radius 3 is 2.63 bits per heavy atom. The molecule has 5 heteroatoms. The van der Waals surface area contributed by atoms with Crippen LogP contribution in [0, 0.1) is 0 Å². The third-order valence-corrected chi connectivity index (χ3v) is 5.43. The van der Waals surface area contributed by atoms with Gasteiger partial charge < -0.3 is 15.0 Å². The molecule has 0 fully saturated rings. The summed E-state index contributed by atoms with van der Waals surface area (Å²) < 4.78 is 1.98. The molecule has 2 N–H and O–H groups in total. The Balaban J connectivity index is 1.44. The number of nitrogens with zero attached hydrogens (tertiary/aromatic N) is 1. The molecule has 0 aliphatic heterocycles. The van der Waals surface area contributed by atoms with Gasteiger partial charge in [0.15, 0.2) is 0 Å². The summed E-state index contributed by atoms with van der Waals surface area (Å²) in [5.74, 6) is -0.189. The zero-order valence-electron chi connectivity index (χ0n) is 14.9. The molecule has 0 bridgehead atoms. The zero-order chi connectivity index (χ0) is 18.8. The van der Waals surface area contributed by atoms with Gasteiger partial charge in [-0.2, -0.15) is 11.3 Å². The summed E-state index contributed by atoms with van der Waals surface area (Å²) in [5.41, 5.74) is 4.70. The monoisotopic (exact) mass is 376 g/mol. The van der Waals surface area contributed by atoms with Crippen LogP contribution in [0.5, 0.6) is 0 Å². The van der Waals surface area contributed by atoms with Gasteiger partial charge in [0, 0.05) is 41.8 Å². The van der Waals surface area contributed by atoms with Crippen molar-refractivity contribution in [2.45, 2.75) is 6.10 Å². The Morgan fingerprint density at radius 2 is 1.89 bits per heavy atom. The van der Waals surface area contributed by atoms with E-state index in [2.05, 4.69) is 16.8 Å². The molecule has 2 aromatic carbocycles. The molecule has 0 aliphatic carbocycles. The lowest BCUT2D eigenvalue weighted by Gasteiger charge is -2.12. The molecule has 0 saturated heterocycles. The van der Waals surface area contributed by atoms with Crippen molar-refractivity contribution in [3.63, 3.8) is 0 Å². The molecule has 4 rings (SSSR count). The summed E-state index contributed by atoms with van der Waals surface area (Å²) >= 11 is 1.65. The maximum absolute atomic E-state index is 12.4. The largest absolute Gasteiger partial charge is 0.386 e. The van der Waals surface area contributed by atoms with Crippen LogP contribution >= 0.6 is 11.3 Å². The second kappa shape index (κ2) is 7.39. The normalized spacial score (nSPS) is 12.2. The van der Waals surface area contributed by atoms with Crippen molar-refractivity contribution in [1.82, 2.24) is 9.88 Å². The van der Waals surface area contributed by atoms with Crippen molar-refractivity contribution >= 4 is 28.1 Å². The number of amides is 1. The number of hydrogen-bond acceptors (Lipinski definition) is 3. The molecule has 2 aromatic heterocycles. The second-order valence-corrected chi connectivity index (χ2v) is 7.31. The minimum absolute atomic E-state index is 0.166. The molecule has 4 aromatic rings. The lowest BCUT2D eigenvalue weighted by atomic mass is 10.1. The van der Waals surface area contributed by atoms with Crippen LogP contribution in [0.25, 0.3) is 22.0 Å². The number of carbonyl (C=O) groups excluding carboxylic acids is 1. The molecule has 0 unspecified atom stereocenters. The predicted molar refractivity (Wildman–Crippen MR) is 110 cm³/mol. The van der Waals surface area contributed by atoms with E-state index < -0.39 is 6.10 Å². The average molecular weight is 376 g/mol. The number of para-hydroxylation sites is 1. The third-order valence-electron chi connectivity index (χ3n) is 4.74. The van der Waals surface area contributed by atoms with Gasteiger partial charge in [-0.25, -0.2) is 0 Å². The van der Waals surface area contributed by atoms with Crippen LogP contribution in [0.4, 0.5) is 0 Å². The van der Waals surface area contributed by atoms with Gasteiger partial charge in [-0.1, -0.05) is 30.3 Å². The van der Waals surface area contributed by atoms with Gasteiger partial charge in [0.05, 0.1) is 6.10 Å². The van der Waals surface area contributed by atoms with Gasteiger partial charge in [-0.15, -0.1) is 0 Å². The Kier molecular flexibility index (Phi) is 4.79. The molecule has 27 heavy (non-hydrogen) atoms. The zero-order valence-corrected chi connectivity index (χ0v) is 15.7. The first-order valence-corrected chi connectivity index (χ1v) is 9.70.